The maximum Gasteiger partial charge on any atom is 0.472 e. The third-order valence-corrected chi connectivity index (χ3v) is 14.8. The van der Waals surface area contributed by atoms with Gasteiger partial charge in [-0.15, -0.1) is 0 Å². The predicted molar refractivity (Wildman–Crippen MR) is 294 cm³/mol. The maximum atomic E-state index is 12.9. The molecule has 17 nitrogen and oxygen atoms in total. The molecule has 0 heterocycles. The highest BCUT2D eigenvalue weighted by Gasteiger charge is 2.30. The van der Waals surface area contributed by atoms with E-state index in [1.807, 2.05) is 0 Å². The zero-order valence-electron chi connectivity index (χ0n) is 47.5. The first-order valence-electron chi connectivity index (χ1n) is 29.8. The van der Waals surface area contributed by atoms with Crippen LogP contribution in [0.5, 0.6) is 0 Å². The minimum absolute atomic E-state index is 0.103. The van der Waals surface area contributed by atoms with Crippen LogP contribution in [-0.4, -0.2) is 96.7 Å². The molecule has 5 atom stereocenters. The van der Waals surface area contributed by atoms with Crippen molar-refractivity contribution in [3.8, 4) is 0 Å². The first kappa shape index (κ1) is 73.1. The van der Waals surface area contributed by atoms with E-state index in [2.05, 4.69) is 27.7 Å². The second-order valence-electron chi connectivity index (χ2n) is 20.3. The maximum absolute atomic E-state index is 12.9. The van der Waals surface area contributed by atoms with Crippen molar-refractivity contribution in [2.75, 3.05) is 39.6 Å². The zero-order valence-corrected chi connectivity index (χ0v) is 49.3. The van der Waals surface area contributed by atoms with E-state index >= 15 is 0 Å². The van der Waals surface area contributed by atoms with Gasteiger partial charge in [0, 0.05) is 25.7 Å². The molecule has 0 bridgehead atoms. The third kappa shape index (κ3) is 51.3. The molecule has 444 valence electrons. The van der Waals surface area contributed by atoms with Crippen LogP contribution in [0, 0.1) is 0 Å². The minimum Gasteiger partial charge on any atom is -0.462 e. The number of aliphatic hydroxyl groups excluding tert-OH is 1. The summed E-state index contributed by atoms with van der Waals surface area (Å²) in [4.78, 5) is 71.4. The van der Waals surface area contributed by atoms with Crippen LogP contribution in [0.4, 0.5) is 0 Å². The molecular weight excluding hydrogens is 1010 g/mol. The van der Waals surface area contributed by atoms with E-state index in [0.717, 1.165) is 116 Å². The fraction of sp³-hybridized carbons (Fsp3) is 0.929. The van der Waals surface area contributed by atoms with Crippen LogP contribution in [0.25, 0.3) is 0 Å². The molecule has 19 heteroatoms. The smallest absolute Gasteiger partial charge is 0.462 e. The second-order valence-corrected chi connectivity index (χ2v) is 23.2. The summed E-state index contributed by atoms with van der Waals surface area (Å²) >= 11 is 0. The Morgan fingerprint density at radius 2 is 0.533 bits per heavy atom. The SMILES string of the molecule is CCCCCCCCCCCCCCCCCC(=O)O[C@H](COC(=O)CCCCCCCCCC)COP(=O)(O)OC[C@@H](O)COP(=O)(O)OC[C@@H](COC(=O)CCCCCCC)OC(=O)CCCCCCCCC. The van der Waals surface area contributed by atoms with E-state index in [-0.39, 0.29) is 25.7 Å². The van der Waals surface area contributed by atoms with Gasteiger partial charge in [0.05, 0.1) is 26.4 Å². The molecule has 0 aromatic rings. The van der Waals surface area contributed by atoms with E-state index in [4.69, 9.17) is 37.0 Å². The molecule has 0 amide bonds. The first-order valence-corrected chi connectivity index (χ1v) is 32.8. The third-order valence-electron chi connectivity index (χ3n) is 12.9. The summed E-state index contributed by atoms with van der Waals surface area (Å²) in [6.07, 6.45) is 34.0. The highest BCUT2D eigenvalue weighted by atomic mass is 31.2. The Labute approximate surface area is 454 Å². The topological polar surface area (TPSA) is 237 Å². The monoisotopic (exact) mass is 1110 g/mol. The number of phosphoric ester groups is 2. The number of carbonyl (C=O) groups excluding carboxylic acids is 4. The molecule has 2 unspecified atom stereocenters. The Bertz CT molecular complexity index is 1470. The number of esters is 4. The van der Waals surface area contributed by atoms with E-state index in [9.17, 15) is 43.2 Å². The molecule has 0 saturated carbocycles. The number of ether oxygens (including phenoxy) is 4. The molecule has 0 radical (unpaired) electrons. The Kier molecular flexibility index (Phi) is 50.2. The van der Waals surface area contributed by atoms with Gasteiger partial charge in [-0.1, -0.05) is 227 Å². The van der Waals surface area contributed by atoms with Crippen molar-refractivity contribution in [3.63, 3.8) is 0 Å². The molecule has 3 N–H and O–H groups in total. The normalized spacial score (nSPS) is 14.4. The lowest BCUT2D eigenvalue weighted by Gasteiger charge is -2.21. The lowest BCUT2D eigenvalue weighted by atomic mass is 10.0. The van der Waals surface area contributed by atoms with Crippen LogP contribution in [0.2, 0.25) is 0 Å². The number of phosphoric acid groups is 2. The molecule has 0 aliphatic heterocycles. The number of hydrogen-bond acceptors (Lipinski definition) is 15. The molecular formula is C56H108O17P2. The number of unbranched alkanes of at least 4 members (excludes halogenated alkanes) is 31. The van der Waals surface area contributed by atoms with Crippen molar-refractivity contribution in [1.29, 1.82) is 0 Å². The Morgan fingerprint density at radius 3 is 0.787 bits per heavy atom. The summed E-state index contributed by atoms with van der Waals surface area (Å²) in [5, 5.41) is 10.4. The fourth-order valence-corrected chi connectivity index (χ4v) is 9.80. The summed E-state index contributed by atoms with van der Waals surface area (Å²) in [5.74, 6) is -2.16. The molecule has 0 rings (SSSR count). The van der Waals surface area contributed by atoms with Crippen molar-refractivity contribution in [1.82, 2.24) is 0 Å². The van der Waals surface area contributed by atoms with Crippen LogP contribution in [0.3, 0.4) is 0 Å². The predicted octanol–water partition coefficient (Wildman–Crippen LogP) is 14.8. The van der Waals surface area contributed by atoms with Crippen LogP contribution in [-0.2, 0) is 65.4 Å². The molecule has 75 heavy (non-hydrogen) atoms. The Morgan fingerprint density at radius 1 is 0.320 bits per heavy atom. The average molecular weight is 1120 g/mol. The van der Waals surface area contributed by atoms with Crippen molar-refractivity contribution < 1.29 is 80.2 Å². The van der Waals surface area contributed by atoms with Crippen molar-refractivity contribution in [2.45, 2.75) is 296 Å². The molecule has 0 saturated heterocycles. The quantitative estimate of drug-likeness (QED) is 0.0222. The Balaban J connectivity index is 5.12. The van der Waals surface area contributed by atoms with Crippen molar-refractivity contribution >= 4 is 39.5 Å². The number of carbonyl (C=O) groups is 4. The molecule has 0 aliphatic carbocycles. The molecule has 0 fully saturated rings. The number of rotatable bonds is 57. The van der Waals surface area contributed by atoms with Gasteiger partial charge in [-0.2, -0.15) is 0 Å². The molecule has 0 spiro atoms. The highest BCUT2D eigenvalue weighted by molar-refractivity contribution is 7.47. The summed E-state index contributed by atoms with van der Waals surface area (Å²) < 4.78 is 67.3. The van der Waals surface area contributed by atoms with E-state index in [1.165, 1.54) is 83.5 Å². The summed E-state index contributed by atoms with van der Waals surface area (Å²) in [6.45, 7) is 4.68. The van der Waals surface area contributed by atoms with Gasteiger partial charge in [0.1, 0.15) is 19.3 Å². The van der Waals surface area contributed by atoms with Gasteiger partial charge < -0.3 is 33.8 Å². The van der Waals surface area contributed by atoms with Gasteiger partial charge in [0.15, 0.2) is 12.2 Å². The Hall–Kier alpha value is -1.94. The van der Waals surface area contributed by atoms with Gasteiger partial charge in [-0.3, -0.25) is 37.3 Å². The standard InChI is InChI=1S/C56H108O17P2/c1-5-9-13-17-20-22-23-24-25-26-27-28-31-35-39-43-56(61)73-52(47-67-54(59)41-37-33-30-21-18-14-10-6-2)49-71-75(64,65)69-45-50(57)44-68-74(62,63)70-48-51(46-66-53(58)40-36-32-16-12-8-4)72-55(60)42-38-34-29-19-15-11-7-3/h50-52,57H,5-49H2,1-4H3,(H,62,63)(H,64,65)/t50-,51+,52+/m0/s1. The lowest BCUT2D eigenvalue weighted by molar-refractivity contribution is -0.161. The van der Waals surface area contributed by atoms with Crippen molar-refractivity contribution in [2.24, 2.45) is 0 Å². The minimum atomic E-state index is -4.93. The van der Waals surface area contributed by atoms with Gasteiger partial charge in [0.2, 0.25) is 0 Å². The van der Waals surface area contributed by atoms with Gasteiger partial charge in [0.25, 0.3) is 0 Å². The van der Waals surface area contributed by atoms with Crippen LogP contribution in [0.15, 0.2) is 0 Å². The van der Waals surface area contributed by atoms with Crippen molar-refractivity contribution in [3.05, 3.63) is 0 Å². The first-order chi connectivity index (χ1) is 36.2. The fourth-order valence-electron chi connectivity index (χ4n) is 8.22. The summed E-state index contributed by atoms with van der Waals surface area (Å²) in [5.41, 5.74) is 0. The summed E-state index contributed by atoms with van der Waals surface area (Å²) in [6, 6.07) is 0. The van der Waals surface area contributed by atoms with Crippen LogP contribution < -0.4 is 0 Å². The highest BCUT2D eigenvalue weighted by Crippen LogP contribution is 2.45. The second kappa shape index (κ2) is 51.5. The lowest BCUT2D eigenvalue weighted by Crippen LogP contribution is -2.30. The van der Waals surface area contributed by atoms with Crippen LogP contribution >= 0.6 is 15.6 Å². The molecule has 0 aromatic heterocycles. The van der Waals surface area contributed by atoms with E-state index < -0.39 is 97.5 Å². The van der Waals surface area contributed by atoms with E-state index in [0.29, 0.717) is 25.7 Å². The zero-order chi connectivity index (χ0) is 55.5. The number of hydrogen-bond donors (Lipinski definition) is 3. The molecule has 0 aliphatic rings. The average Bonchev–Trinajstić information content (AvgIpc) is 3.38. The summed E-state index contributed by atoms with van der Waals surface area (Å²) in [7, 11) is -9.85. The van der Waals surface area contributed by atoms with Crippen LogP contribution in [0.1, 0.15) is 278 Å². The van der Waals surface area contributed by atoms with Gasteiger partial charge in [-0.05, 0) is 25.7 Å². The largest absolute Gasteiger partial charge is 0.472 e. The van der Waals surface area contributed by atoms with E-state index in [1.54, 1.807) is 0 Å². The number of aliphatic hydroxyl groups is 1. The van der Waals surface area contributed by atoms with Gasteiger partial charge >= 0.3 is 39.5 Å². The molecule has 0 aromatic carbocycles. The van der Waals surface area contributed by atoms with Gasteiger partial charge in [-0.25, -0.2) is 9.13 Å².